The summed E-state index contributed by atoms with van der Waals surface area (Å²) in [5.74, 6) is 0.0190. The zero-order valence-corrected chi connectivity index (χ0v) is 15.8. The third kappa shape index (κ3) is 4.09. The molecule has 2 aromatic heterocycles. The van der Waals surface area contributed by atoms with Gasteiger partial charge in [0.15, 0.2) is 10.3 Å². The molecule has 0 spiro atoms. The smallest absolute Gasteiger partial charge is 0.245 e. The van der Waals surface area contributed by atoms with Crippen LogP contribution >= 0.6 is 22.7 Å². The summed E-state index contributed by atoms with van der Waals surface area (Å²) in [6.45, 7) is 0.118. The van der Waals surface area contributed by atoms with Crippen molar-refractivity contribution in [1.82, 2.24) is 9.97 Å². The number of para-hydroxylation sites is 1. The minimum absolute atomic E-state index is 0.0554. The second-order valence-electron chi connectivity index (χ2n) is 5.49. The highest BCUT2D eigenvalue weighted by molar-refractivity contribution is 7.22. The molecule has 26 heavy (non-hydrogen) atoms. The van der Waals surface area contributed by atoms with Gasteiger partial charge in [0.2, 0.25) is 11.8 Å². The van der Waals surface area contributed by atoms with Crippen molar-refractivity contribution in [3.8, 4) is 5.75 Å². The average molecular weight is 391 g/mol. The number of nitrogens with zero attached hydrogens (tertiary/aromatic N) is 3. The first-order valence-corrected chi connectivity index (χ1v) is 9.33. The standard InChI is InChI=1S/C16H17N5O3S2/c1-21(16-20-14-10(24-2)4-3-5-11(14)26-16)7-13(23)19-15-18-9(8-25-15)6-12(17)22/h3-5,8H,6-7H2,1-2H3,(H2,17,22)(H,18,19,23). The molecule has 8 nitrogen and oxygen atoms in total. The van der Waals surface area contributed by atoms with E-state index in [-0.39, 0.29) is 18.9 Å². The minimum Gasteiger partial charge on any atom is -0.494 e. The van der Waals surface area contributed by atoms with E-state index in [0.717, 1.165) is 10.2 Å². The molecule has 3 aromatic rings. The monoisotopic (exact) mass is 391 g/mol. The molecule has 136 valence electrons. The molecule has 0 aliphatic carbocycles. The Kier molecular flexibility index (Phi) is 5.33. The lowest BCUT2D eigenvalue weighted by Crippen LogP contribution is -2.29. The van der Waals surface area contributed by atoms with Crippen molar-refractivity contribution >= 4 is 55.0 Å². The van der Waals surface area contributed by atoms with Gasteiger partial charge in [-0.15, -0.1) is 11.3 Å². The van der Waals surface area contributed by atoms with Crippen molar-refractivity contribution in [3.05, 3.63) is 29.3 Å². The SMILES string of the molecule is COc1cccc2sc(N(C)CC(=O)Nc3nc(CC(N)=O)cs3)nc12. The van der Waals surface area contributed by atoms with Gasteiger partial charge in [0.1, 0.15) is 11.3 Å². The second kappa shape index (κ2) is 7.67. The predicted molar refractivity (Wildman–Crippen MR) is 103 cm³/mol. The summed E-state index contributed by atoms with van der Waals surface area (Å²) in [7, 11) is 3.40. The van der Waals surface area contributed by atoms with Gasteiger partial charge in [-0.1, -0.05) is 17.4 Å². The molecule has 0 radical (unpaired) electrons. The largest absolute Gasteiger partial charge is 0.494 e. The topological polar surface area (TPSA) is 110 Å². The van der Waals surface area contributed by atoms with Crippen LogP contribution in [0, 0.1) is 0 Å². The highest BCUT2D eigenvalue weighted by Crippen LogP contribution is 2.33. The Labute approximate surface area is 157 Å². The number of hydrogen-bond donors (Lipinski definition) is 2. The third-order valence-electron chi connectivity index (χ3n) is 3.45. The number of hydrogen-bond acceptors (Lipinski definition) is 8. The van der Waals surface area contributed by atoms with Crippen LogP contribution in [0.4, 0.5) is 10.3 Å². The summed E-state index contributed by atoms with van der Waals surface area (Å²) in [5.41, 5.74) is 6.46. The third-order valence-corrected chi connectivity index (χ3v) is 5.39. The Bertz CT molecular complexity index is 952. The normalized spacial score (nSPS) is 10.7. The molecule has 0 saturated carbocycles. The number of thiazole rings is 2. The number of benzene rings is 1. The molecule has 2 heterocycles. The second-order valence-corrected chi connectivity index (χ2v) is 7.36. The zero-order valence-electron chi connectivity index (χ0n) is 14.2. The number of fused-ring (bicyclic) bond motifs is 1. The van der Waals surface area contributed by atoms with E-state index in [1.165, 1.54) is 22.7 Å². The Balaban J connectivity index is 1.65. The fraction of sp³-hybridized carbons (Fsp3) is 0.250. The highest BCUT2D eigenvalue weighted by Gasteiger charge is 2.15. The molecule has 0 aliphatic rings. The van der Waals surface area contributed by atoms with Crippen LogP contribution in [0.3, 0.4) is 0 Å². The van der Waals surface area contributed by atoms with Gasteiger partial charge in [-0.2, -0.15) is 0 Å². The molecule has 0 saturated heterocycles. The quantitative estimate of drug-likeness (QED) is 0.636. The van der Waals surface area contributed by atoms with Crippen LogP contribution in [0.2, 0.25) is 0 Å². The highest BCUT2D eigenvalue weighted by atomic mass is 32.1. The van der Waals surface area contributed by atoms with Crippen molar-refractivity contribution in [1.29, 1.82) is 0 Å². The van der Waals surface area contributed by atoms with E-state index in [2.05, 4.69) is 15.3 Å². The Morgan fingerprint density at radius 2 is 2.15 bits per heavy atom. The van der Waals surface area contributed by atoms with Gasteiger partial charge in [0.05, 0.1) is 30.5 Å². The van der Waals surface area contributed by atoms with E-state index >= 15 is 0 Å². The van der Waals surface area contributed by atoms with Crippen molar-refractivity contribution in [3.63, 3.8) is 0 Å². The average Bonchev–Trinajstić information content (AvgIpc) is 3.20. The number of rotatable bonds is 7. The lowest BCUT2D eigenvalue weighted by Gasteiger charge is -2.14. The molecule has 0 unspecified atom stereocenters. The van der Waals surface area contributed by atoms with Gasteiger partial charge >= 0.3 is 0 Å². The first-order valence-electron chi connectivity index (χ1n) is 7.63. The maximum Gasteiger partial charge on any atom is 0.245 e. The van der Waals surface area contributed by atoms with Crippen LogP contribution < -0.4 is 20.7 Å². The molecular weight excluding hydrogens is 374 g/mol. The summed E-state index contributed by atoms with van der Waals surface area (Å²) in [4.78, 5) is 33.6. The first-order chi connectivity index (χ1) is 12.5. The minimum atomic E-state index is -0.459. The number of anilines is 2. The van der Waals surface area contributed by atoms with Crippen LogP contribution in [0.1, 0.15) is 5.69 Å². The number of aromatic nitrogens is 2. The summed E-state index contributed by atoms with van der Waals surface area (Å²) in [6.07, 6.45) is 0.0554. The van der Waals surface area contributed by atoms with Gasteiger partial charge in [-0.3, -0.25) is 9.59 Å². The molecule has 0 bridgehead atoms. The summed E-state index contributed by atoms with van der Waals surface area (Å²) in [5, 5.41) is 5.57. The van der Waals surface area contributed by atoms with Crippen LogP contribution in [-0.4, -0.2) is 42.5 Å². The Morgan fingerprint density at radius 3 is 2.88 bits per heavy atom. The van der Waals surface area contributed by atoms with E-state index in [0.29, 0.717) is 21.7 Å². The number of carbonyl (C=O) groups is 2. The molecule has 0 fully saturated rings. The van der Waals surface area contributed by atoms with Crippen molar-refractivity contribution in [2.24, 2.45) is 5.73 Å². The first kappa shape index (κ1) is 18.1. The van der Waals surface area contributed by atoms with Gasteiger partial charge in [0.25, 0.3) is 0 Å². The lowest BCUT2D eigenvalue weighted by molar-refractivity contribution is -0.117. The number of nitrogens with two attached hydrogens (primary N) is 1. The van der Waals surface area contributed by atoms with Crippen LogP contribution in [0.15, 0.2) is 23.6 Å². The van der Waals surface area contributed by atoms with Crippen LogP contribution in [0.5, 0.6) is 5.75 Å². The van der Waals surface area contributed by atoms with E-state index in [4.69, 9.17) is 10.5 Å². The van der Waals surface area contributed by atoms with Crippen molar-refractivity contribution < 1.29 is 14.3 Å². The molecule has 10 heteroatoms. The van der Waals surface area contributed by atoms with E-state index in [1.54, 1.807) is 24.4 Å². The molecule has 3 N–H and O–H groups in total. The molecule has 3 rings (SSSR count). The summed E-state index contributed by atoms with van der Waals surface area (Å²) < 4.78 is 6.31. The van der Waals surface area contributed by atoms with Crippen LogP contribution in [0.25, 0.3) is 10.2 Å². The van der Waals surface area contributed by atoms with Crippen molar-refractivity contribution in [2.45, 2.75) is 6.42 Å². The van der Waals surface area contributed by atoms with E-state index in [9.17, 15) is 9.59 Å². The summed E-state index contributed by atoms with van der Waals surface area (Å²) in [6, 6.07) is 5.72. The van der Waals surface area contributed by atoms with Crippen LogP contribution in [-0.2, 0) is 16.0 Å². The predicted octanol–water partition coefficient (Wildman–Crippen LogP) is 1.86. The number of methoxy groups -OCH3 is 1. The number of primary amides is 1. The molecule has 0 atom stereocenters. The number of carbonyl (C=O) groups excluding carboxylic acids is 2. The maximum atomic E-state index is 12.2. The van der Waals surface area contributed by atoms with Gasteiger partial charge in [-0.05, 0) is 12.1 Å². The van der Waals surface area contributed by atoms with Crippen molar-refractivity contribution in [2.75, 3.05) is 30.9 Å². The number of amides is 2. The van der Waals surface area contributed by atoms with E-state index in [1.807, 2.05) is 18.2 Å². The lowest BCUT2D eigenvalue weighted by atomic mass is 10.3. The molecule has 1 aromatic carbocycles. The zero-order chi connectivity index (χ0) is 18.7. The fourth-order valence-electron chi connectivity index (χ4n) is 2.31. The number of likely N-dealkylation sites (N-methyl/N-ethyl adjacent to an activating group) is 1. The summed E-state index contributed by atoms with van der Waals surface area (Å²) >= 11 is 2.74. The Morgan fingerprint density at radius 1 is 1.35 bits per heavy atom. The molecule has 0 aliphatic heterocycles. The van der Waals surface area contributed by atoms with Gasteiger partial charge in [-0.25, -0.2) is 9.97 Å². The molecule has 2 amide bonds. The number of ether oxygens (including phenoxy) is 1. The van der Waals surface area contributed by atoms with Gasteiger partial charge < -0.3 is 20.7 Å². The Hall–Kier alpha value is -2.72. The van der Waals surface area contributed by atoms with Gasteiger partial charge in [0, 0.05) is 12.4 Å². The fourth-order valence-corrected chi connectivity index (χ4v) is 3.98. The van der Waals surface area contributed by atoms with E-state index < -0.39 is 5.91 Å². The number of nitrogens with one attached hydrogen (secondary N) is 1. The molecular formula is C16H17N5O3S2. The maximum absolute atomic E-state index is 12.2.